The van der Waals surface area contributed by atoms with Gasteiger partial charge in [-0.3, -0.25) is 4.99 Å². The van der Waals surface area contributed by atoms with Gasteiger partial charge in [-0.1, -0.05) is 12.1 Å². The first-order chi connectivity index (χ1) is 10.1. The number of nitrogens with one attached hydrogen (secondary N) is 2. The summed E-state index contributed by atoms with van der Waals surface area (Å²) in [5.74, 6) is 0.529. The Kier molecular flexibility index (Phi) is 7.75. The molecular weight excluding hydrogens is 269 g/mol. The van der Waals surface area contributed by atoms with Crippen LogP contribution >= 0.6 is 0 Å². The molecule has 118 valence electrons. The smallest absolute Gasteiger partial charge is 0.191 e. The van der Waals surface area contributed by atoms with Crippen LogP contribution in [0.3, 0.4) is 0 Å². The van der Waals surface area contributed by atoms with Gasteiger partial charge in [-0.2, -0.15) is 0 Å². The normalized spacial score (nSPS) is 13.1. The van der Waals surface area contributed by atoms with Crippen LogP contribution < -0.4 is 10.6 Å². The third kappa shape index (κ3) is 6.12. The molecule has 1 atom stereocenters. The molecule has 0 saturated carbocycles. The van der Waals surface area contributed by atoms with Gasteiger partial charge in [-0.05, 0) is 44.4 Å². The van der Waals surface area contributed by atoms with Gasteiger partial charge >= 0.3 is 0 Å². The minimum absolute atomic E-state index is 0.0156. The lowest BCUT2D eigenvalue weighted by Gasteiger charge is -2.18. The molecule has 1 unspecified atom stereocenters. The van der Waals surface area contributed by atoms with E-state index in [4.69, 9.17) is 4.74 Å². The average Bonchev–Trinajstić information content (AvgIpc) is 2.48. The van der Waals surface area contributed by atoms with Crippen LogP contribution in [0.1, 0.15) is 37.4 Å². The highest BCUT2D eigenvalue weighted by Crippen LogP contribution is 2.16. The topological polar surface area (TPSA) is 45.6 Å². The molecule has 0 spiro atoms. The van der Waals surface area contributed by atoms with E-state index in [2.05, 4.69) is 15.6 Å². The first-order valence-corrected chi connectivity index (χ1v) is 7.39. The maximum atomic E-state index is 13.6. The SMILES string of the molecule is CCOCCCNC(=NC)NC(C)c1ccc(C)c(F)c1. The third-order valence-corrected chi connectivity index (χ3v) is 3.23. The van der Waals surface area contributed by atoms with Crippen LogP contribution in [0.4, 0.5) is 4.39 Å². The molecule has 2 N–H and O–H groups in total. The average molecular weight is 295 g/mol. The van der Waals surface area contributed by atoms with Gasteiger partial charge < -0.3 is 15.4 Å². The summed E-state index contributed by atoms with van der Waals surface area (Å²) in [7, 11) is 1.72. The summed E-state index contributed by atoms with van der Waals surface area (Å²) in [4.78, 5) is 4.17. The van der Waals surface area contributed by atoms with Gasteiger partial charge in [0.25, 0.3) is 0 Å². The summed E-state index contributed by atoms with van der Waals surface area (Å²) in [6.07, 6.45) is 0.919. The molecule has 5 heteroatoms. The fourth-order valence-corrected chi connectivity index (χ4v) is 1.89. The maximum absolute atomic E-state index is 13.6. The van der Waals surface area contributed by atoms with Gasteiger partial charge in [0.2, 0.25) is 0 Å². The fraction of sp³-hybridized carbons (Fsp3) is 0.562. The second-order valence-corrected chi connectivity index (χ2v) is 4.92. The van der Waals surface area contributed by atoms with Crippen molar-refractivity contribution in [3.63, 3.8) is 0 Å². The molecule has 0 aliphatic heterocycles. The maximum Gasteiger partial charge on any atom is 0.191 e. The molecule has 0 saturated heterocycles. The van der Waals surface area contributed by atoms with E-state index in [1.165, 1.54) is 0 Å². The van der Waals surface area contributed by atoms with Crippen molar-refractivity contribution in [2.75, 3.05) is 26.8 Å². The molecule has 0 bridgehead atoms. The predicted molar refractivity (Wildman–Crippen MR) is 85.2 cm³/mol. The van der Waals surface area contributed by atoms with Crippen molar-refractivity contribution in [1.29, 1.82) is 0 Å². The number of ether oxygens (including phenoxy) is 1. The van der Waals surface area contributed by atoms with Crippen molar-refractivity contribution in [3.8, 4) is 0 Å². The van der Waals surface area contributed by atoms with Crippen molar-refractivity contribution in [1.82, 2.24) is 10.6 Å². The molecule has 21 heavy (non-hydrogen) atoms. The molecule has 0 aliphatic carbocycles. The van der Waals surface area contributed by atoms with E-state index >= 15 is 0 Å². The summed E-state index contributed by atoms with van der Waals surface area (Å²) < 4.78 is 18.9. The largest absolute Gasteiger partial charge is 0.382 e. The third-order valence-electron chi connectivity index (χ3n) is 3.23. The summed E-state index contributed by atoms with van der Waals surface area (Å²) in [6, 6.07) is 5.27. The van der Waals surface area contributed by atoms with E-state index in [0.717, 1.165) is 31.7 Å². The number of aryl methyl sites for hydroxylation is 1. The Morgan fingerprint density at radius 1 is 1.43 bits per heavy atom. The van der Waals surface area contributed by atoms with E-state index in [1.807, 2.05) is 19.9 Å². The molecular formula is C16H26FN3O. The summed E-state index contributed by atoms with van der Waals surface area (Å²) >= 11 is 0. The summed E-state index contributed by atoms with van der Waals surface area (Å²) in [6.45, 7) is 7.99. The Balaban J connectivity index is 2.47. The van der Waals surface area contributed by atoms with Gasteiger partial charge in [-0.25, -0.2) is 4.39 Å². The minimum Gasteiger partial charge on any atom is -0.382 e. The van der Waals surface area contributed by atoms with E-state index in [0.29, 0.717) is 11.5 Å². The van der Waals surface area contributed by atoms with Crippen LogP contribution in [0.5, 0.6) is 0 Å². The summed E-state index contributed by atoms with van der Waals surface area (Å²) in [5, 5.41) is 6.47. The van der Waals surface area contributed by atoms with Gasteiger partial charge in [0.1, 0.15) is 5.82 Å². The number of rotatable bonds is 7. The number of guanidine groups is 1. The van der Waals surface area contributed by atoms with Gasteiger partial charge in [0, 0.05) is 26.8 Å². The Bertz CT molecular complexity index is 463. The standard InChI is InChI=1S/C16H26FN3O/c1-5-21-10-6-9-19-16(18-4)20-13(3)14-8-7-12(2)15(17)11-14/h7-8,11,13H,5-6,9-10H2,1-4H3,(H2,18,19,20). The Hall–Kier alpha value is -1.62. The lowest BCUT2D eigenvalue weighted by atomic mass is 10.1. The van der Waals surface area contributed by atoms with Gasteiger partial charge in [0.05, 0.1) is 6.04 Å². The molecule has 4 nitrogen and oxygen atoms in total. The molecule has 0 heterocycles. The Morgan fingerprint density at radius 2 is 2.19 bits per heavy atom. The second kappa shape index (κ2) is 9.34. The number of nitrogens with zero attached hydrogens (tertiary/aromatic N) is 1. The molecule has 0 amide bonds. The molecule has 1 rings (SSSR count). The molecule has 1 aromatic rings. The molecule has 0 aromatic heterocycles. The van der Waals surface area contributed by atoms with Crippen LogP contribution in [0.25, 0.3) is 0 Å². The molecule has 0 aliphatic rings. The number of halogens is 1. The first kappa shape index (κ1) is 17.4. The minimum atomic E-state index is -0.180. The van der Waals surface area contributed by atoms with Crippen molar-refractivity contribution < 1.29 is 9.13 Å². The van der Waals surface area contributed by atoms with E-state index in [1.54, 1.807) is 26.1 Å². The zero-order valence-corrected chi connectivity index (χ0v) is 13.4. The van der Waals surface area contributed by atoms with Crippen LogP contribution in [0, 0.1) is 12.7 Å². The van der Waals surface area contributed by atoms with Crippen LogP contribution in [0.15, 0.2) is 23.2 Å². The quantitative estimate of drug-likeness (QED) is 0.462. The van der Waals surface area contributed by atoms with Crippen molar-refractivity contribution in [3.05, 3.63) is 35.1 Å². The van der Waals surface area contributed by atoms with Gasteiger partial charge in [-0.15, -0.1) is 0 Å². The Morgan fingerprint density at radius 3 is 2.81 bits per heavy atom. The lowest BCUT2D eigenvalue weighted by Crippen LogP contribution is -2.39. The van der Waals surface area contributed by atoms with E-state index in [9.17, 15) is 4.39 Å². The highest BCUT2D eigenvalue weighted by Gasteiger charge is 2.09. The highest BCUT2D eigenvalue weighted by atomic mass is 19.1. The first-order valence-electron chi connectivity index (χ1n) is 7.39. The molecule has 0 radical (unpaired) electrons. The highest BCUT2D eigenvalue weighted by molar-refractivity contribution is 5.80. The predicted octanol–water partition coefficient (Wildman–Crippen LogP) is 2.79. The number of benzene rings is 1. The number of hydrogen-bond donors (Lipinski definition) is 2. The lowest BCUT2D eigenvalue weighted by molar-refractivity contribution is 0.145. The molecule has 1 aromatic carbocycles. The monoisotopic (exact) mass is 295 g/mol. The van der Waals surface area contributed by atoms with Crippen molar-refractivity contribution in [2.24, 2.45) is 4.99 Å². The van der Waals surface area contributed by atoms with Crippen LogP contribution in [-0.4, -0.2) is 32.8 Å². The van der Waals surface area contributed by atoms with E-state index in [-0.39, 0.29) is 11.9 Å². The van der Waals surface area contributed by atoms with Crippen LogP contribution in [0.2, 0.25) is 0 Å². The fourth-order valence-electron chi connectivity index (χ4n) is 1.89. The number of hydrogen-bond acceptors (Lipinski definition) is 2. The zero-order valence-electron chi connectivity index (χ0n) is 13.4. The number of aliphatic imine (C=N–C) groups is 1. The van der Waals surface area contributed by atoms with Crippen molar-refractivity contribution in [2.45, 2.75) is 33.2 Å². The Labute approximate surface area is 126 Å². The van der Waals surface area contributed by atoms with Crippen molar-refractivity contribution >= 4 is 5.96 Å². The second-order valence-electron chi connectivity index (χ2n) is 4.92. The summed E-state index contributed by atoms with van der Waals surface area (Å²) in [5.41, 5.74) is 1.56. The van der Waals surface area contributed by atoms with E-state index < -0.39 is 0 Å². The molecule has 0 fully saturated rings. The van der Waals surface area contributed by atoms with Gasteiger partial charge in [0.15, 0.2) is 5.96 Å². The van der Waals surface area contributed by atoms with Crippen LogP contribution in [-0.2, 0) is 4.74 Å². The zero-order chi connectivity index (χ0) is 15.7.